The number of benzene rings is 1. The number of ether oxygens (including phenoxy) is 1. The maximum Gasteiger partial charge on any atom is 0.158 e. The lowest BCUT2D eigenvalue weighted by Crippen LogP contribution is -2.07. The summed E-state index contributed by atoms with van der Waals surface area (Å²) in [5, 5.41) is 6.56. The lowest BCUT2D eigenvalue weighted by molar-refractivity contribution is 0.178. The Hall–Kier alpha value is -2.14. The van der Waals surface area contributed by atoms with Gasteiger partial charge in [0.2, 0.25) is 0 Å². The van der Waals surface area contributed by atoms with E-state index in [0.717, 1.165) is 23.9 Å². The molecule has 0 aliphatic rings. The summed E-state index contributed by atoms with van der Waals surface area (Å²) in [6, 6.07) is 8.19. The van der Waals surface area contributed by atoms with E-state index in [0.29, 0.717) is 12.4 Å². The van der Waals surface area contributed by atoms with Gasteiger partial charge >= 0.3 is 0 Å². The predicted octanol–water partition coefficient (Wildman–Crippen LogP) is 3.42. The maximum atomic E-state index is 5.13. The van der Waals surface area contributed by atoms with Crippen molar-refractivity contribution in [1.82, 2.24) is 9.97 Å². The van der Waals surface area contributed by atoms with Crippen molar-refractivity contribution in [3.05, 3.63) is 41.2 Å². The van der Waals surface area contributed by atoms with Crippen LogP contribution in [-0.2, 0) is 11.3 Å². The van der Waals surface area contributed by atoms with Crippen molar-refractivity contribution in [2.24, 2.45) is 0 Å². The van der Waals surface area contributed by atoms with Crippen molar-refractivity contribution >= 4 is 17.3 Å². The lowest BCUT2D eigenvalue weighted by atomic mass is 10.1. The molecule has 0 saturated heterocycles. The third kappa shape index (κ3) is 4.16. The van der Waals surface area contributed by atoms with E-state index < -0.39 is 0 Å². The van der Waals surface area contributed by atoms with Gasteiger partial charge in [0.25, 0.3) is 0 Å². The SMILES string of the molecule is CCNc1cc(Nc2ccc(C)cc2C)nc(COC)n1. The summed E-state index contributed by atoms with van der Waals surface area (Å²) in [5.41, 5.74) is 3.48. The summed E-state index contributed by atoms with van der Waals surface area (Å²) in [4.78, 5) is 8.88. The Morgan fingerprint density at radius 2 is 1.86 bits per heavy atom. The van der Waals surface area contributed by atoms with Gasteiger partial charge in [-0.15, -0.1) is 0 Å². The fraction of sp³-hybridized carbons (Fsp3) is 0.375. The highest BCUT2D eigenvalue weighted by molar-refractivity contribution is 5.62. The third-order valence-electron chi connectivity index (χ3n) is 3.05. The summed E-state index contributed by atoms with van der Waals surface area (Å²) in [5.74, 6) is 2.22. The van der Waals surface area contributed by atoms with Crippen LogP contribution in [-0.4, -0.2) is 23.6 Å². The van der Waals surface area contributed by atoms with E-state index in [9.17, 15) is 0 Å². The molecule has 5 nitrogen and oxygen atoms in total. The monoisotopic (exact) mass is 286 g/mol. The first-order valence-corrected chi connectivity index (χ1v) is 7.07. The van der Waals surface area contributed by atoms with E-state index in [1.807, 2.05) is 13.0 Å². The van der Waals surface area contributed by atoms with Crippen LogP contribution in [0.5, 0.6) is 0 Å². The van der Waals surface area contributed by atoms with Gasteiger partial charge in [-0.05, 0) is 32.4 Å². The molecule has 1 heterocycles. The minimum Gasteiger partial charge on any atom is -0.377 e. The standard InChI is InChI=1S/C16H22N4O/c1-5-17-14-9-15(20-16(19-14)10-21-4)18-13-7-6-11(2)8-12(13)3/h6-9H,5,10H2,1-4H3,(H2,17,18,19,20). The van der Waals surface area contributed by atoms with Gasteiger partial charge in [-0.1, -0.05) is 17.7 Å². The molecule has 1 aromatic carbocycles. The van der Waals surface area contributed by atoms with Gasteiger partial charge in [0.1, 0.15) is 18.2 Å². The maximum absolute atomic E-state index is 5.13. The molecule has 0 bridgehead atoms. The van der Waals surface area contributed by atoms with E-state index in [2.05, 4.69) is 52.6 Å². The van der Waals surface area contributed by atoms with E-state index in [1.165, 1.54) is 11.1 Å². The Morgan fingerprint density at radius 1 is 1.10 bits per heavy atom. The van der Waals surface area contributed by atoms with E-state index in [-0.39, 0.29) is 0 Å². The van der Waals surface area contributed by atoms with Crippen LogP contribution in [0.4, 0.5) is 17.3 Å². The Labute approximate surface area is 125 Å². The zero-order chi connectivity index (χ0) is 15.2. The number of nitrogens with one attached hydrogen (secondary N) is 2. The Bertz CT molecular complexity index is 589. The molecule has 0 amide bonds. The van der Waals surface area contributed by atoms with Crippen molar-refractivity contribution in [2.45, 2.75) is 27.4 Å². The van der Waals surface area contributed by atoms with Gasteiger partial charge in [0.15, 0.2) is 5.82 Å². The van der Waals surface area contributed by atoms with E-state index >= 15 is 0 Å². The molecule has 0 aliphatic carbocycles. The van der Waals surface area contributed by atoms with Gasteiger partial charge in [-0.25, -0.2) is 9.97 Å². The highest BCUT2D eigenvalue weighted by Crippen LogP contribution is 2.22. The molecule has 2 N–H and O–H groups in total. The van der Waals surface area contributed by atoms with Crippen LogP contribution in [0.25, 0.3) is 0 Å². The van der Waals surface area contributed by atoms with Crippen molar-refractivity contribution < 1.29 is 4.74 Å². The second-order valence-corrected chi connectivity index (χ2v) is 4.96. The zero-order valence-corrected chi connectivity index (χ0v) is 13.0. The topological polar surface area (TPSA) is 59.1 Å². The molecule has 0 atom stereocenters. The van der Waals surface area contributed by atoms with Gasteiger partial charge in [0, 0.05) is 25.4 Å². The lowest BCUT2D eigenvalue weighted by Gasteiger charge is -2.12. The number of rotatable bonds is 6. The molecular weight excluding hydrogens is 264 g/mol. The molecule has 0 fully saturated rings. The average Bonchev–Trinajstić information content (AvgIpc) is 2.42. The quantitative estimate of drug-likeness (QED) is 0.852. The Kier molecular flexibility index (Phi) is 5.11. The Morgan fingerprint density at radius 3 is 2.52 bits per heavy atom. The molecule has 0 saturated carbocycles. The Balaban J connectivity index is 2.29. The normalized spacial score (nSPS) is 10.5. The van der Waals surface area contributed by atoms with E-state index in [4.69, 9.17) is 4.74 Å². The van der Waals surface area contributed by atoms with Crippen LogP contribution < -0.4 is 10.6 Å². The van der Waals surface area contributed by atoms with Crippen molar-refractivity contribution in [2.75, 3.05) is 24.3 Å². The first kappa shape index (κ1) is 15.3. The highest BCUT2D eigenvalue weighted by Gasteiger charge is 2.06. The third-order valence-corrected chi connectivity index (χ3v) is 3.05. The second kappa shape index (κ2) is 7.04. The van der Waals surface area contributed by atoms with Crippen LogP contribution in [0.1, 0.15) is 23.9 Å². The molecule has 0 spiro atoms. The smallest absolute Gasteiger partial charge is 0.158 e. The summed E-state index contributed by atoms with van der Waals surface area (Å²) in [7, 11) is 1.64. The first-order chi connectivity index (χ1) is 10.1. The molecule has 2 rings (SSSR count). The number of anilines is 3. The van der Waals surface area contributed by atoms with Crippen molar-refractivity contribution in [3.63, 3.8) is 0 Å². The fourth-order valence-corrected chi connectivity index (χ4v) is 2.12. The first-order valence-electron chi connectivity index (χ1n) is 7.07. The molecule has 0 radical (unpaired) electrons. The van der Waals surface area contributed by atoms with Gasteiger partial charge in [-0.3, -0.25) is 0 Å². The average molecular weight is 286 g/mol. The minimum absolute atomic E-state index is 0.390. The predicted molar refractivity (Wildman–Crippen MR) is 86.1 cm³/mol. The van der Waals surface area contributed by atoms with Gasteiger partial charge in [0.05, 0.1) is 0 Å². The molecule has 0 unspecified atom stereocenters. The van der Waals surface area contributed by atoms with Crippen LogP contribution >= 0.6 is 0 Å². The van der Waals surface area contributed by atoms with Crippen molar-refractivity contribution in [1.29, 1.82) is 0 Å². The largest absolute Gasteiger partial charge is 0.377 e. The minimum atomic E-state index is 0.390. The van der Waals surface area contributed by atoms with Gasteiger partial charge in [-0.2, -0.15) is 0 Å². The number of hydrogen-bond donors (Lipinski definition) is 2. The molecule has 21 heavy (non-hydrogen) atoms. The summed E-state index contributed by atoms with van der Waals surface area (Å²) >= 11 is 0. The van der Waals surface area contributed by atoms with Crippen LogP contribution in [0.15, 0.2) is 24.3 Å². The summed E-state index contributed by atoms with van der Waals surface area (Å²) < 4.78 is 5.13. The summed E-state index contributed by atoms with van der Waals surface area (Å²) in [6.07, 6.45) is 0. The van der Waals surface area contributed by atoms with Crippen LogP contribution in [0.3, 0.4) is 0 Å². The van der Waals surface area contributed by atoms with Crippen LogP contribution in [0.2, 0.25) is 0 Å². The van der Waals surface area contributed by atoms with Gasteiger partial charge < -0.3 is 15.4 Å². The molecule has 0 aliphatic heterocycles. The number of methoxy groups -OCH3 is 1. The fourth-order valence-electron chi connectivity index (χ4n) is 2.12. The number of aromatic nitrogens is 2. The number of nitrogens with zero attached hydrogens (tertiary/aromatic N) is 2. The molecule has 2 aromatic rings. The molecular formula is C16H22N4O. The van der Waals surface area contributed by atoms with Crippen LogP contribution in [0, 0.1) is 13.8 Å². The number of aryl methyl sites for hydroxylation is 2. The molecule has 1 aromatic heterocycles. The number of hydrogen-bond acceptors (Lipinski definition) is 5. The van der Waals surface area contributed by atoms with E-state index in [1.54, 1.807) is 7.11 Å². The summed E-state index contributed by atoms with van der Waals surface area (Å²) in [6.45, 7) is 7.40. The second-order valence-electron chi connectivity index (χ2n) is 4.96. The molecule has 5 heteroatoms. The molecule has 112 valence electrons. The van der Waals surface area contributed by atoms with Crippen molar-refractivity contribution in [3.8, 4) is 0 Å². The zero-order valence-electron chi connectivity index (χ0n) is 13.0. The highest BCUT2D eigenvalue weighted by atomic mass is 16.5.